The molecule has 0 saturated carbocycles. The molecule has 0 spiro atoms. The van der Waals surface area contributed by atoms with E-state index in [0.717, 1.165) is 4.88 Å². The second-order valence-corrected chi connectivity index (χ2v) is 6.55. The summed E-state index contributed by atoms with van der Waals surface area (Å²) in [5.41, 5.74) is 0.698. The maximum atomic E-state index is 12.5. The van der Waals surface area contributed by atoms with Crippen LogP contribution < -0.4 is 10.2 Å². The van der Waals surface area contributed by atoms with Gasteiger partial charge in [0.25, 0.3) is 0 Å². The van der Waals surface area contributed by atoms with Crippen LogP contribution in [0.25, 0.3) is 0 Å². The van der Waals surface area contributed by atoms with Gasteiger partial charge in [0.05, 0.1) is 17.1 Å². The lowest BCUT2D eigenvalue weighted by atomic mass is 10.2. The quantitative estimate of drug-likeness (QED) is 0.934. The number of rotatable bonds is 4. The van der Waals surface area contributed by atoms with Crippen molar-refractivity contribution in [1.82, 2.24) is 5.32 Å². The first-order chi connectivity index (χ1) is 10.6. The van der Waals surface area contributed by atoms with E-state index < -0.39 is 6.04 Å². The first-order valence-electron chi connectivity index (χ1n) is 7.03. The summed E-state index contributed by atoms with van der Waals surface area (Å²) in [6.45, 7) is 0.562. The van der Waals surface area contributed by atoms with Crippen LogP contribution in [0.1, 0.15) is 11.3 Å². The molecule has 1 N–H and O–H groups in total. The number of hydrogen-bond acceptors (Lipinski definition) is 3. The van der Waals surface area contributed by atoms with Crippen LogP contribution in [0.3, 0.4) is 0 Å². The summed E-state index contributed by atoms with van der Waals surface area (Å²) in [6.07, 6.45) is 0.910. The number of halogens is 1. The minimum absolute atomic E-state index is 0.104. The maximum Gasteiger partial charge on any atom is 0.249 e. The summed E-state index contributed by atoms with van der Waals surface area (Å²) in [5.74, 6) is -0.227. The van der Waals surface area contributed by atoms with Crippen molar-refractivity contribution in [2.75, 3.05) is 11.4 Å². The van der Waals surface area contributed by atoms with Crippen molar-refractivity contribution in [3.63, 3.8) is 0 Å². The van der Waals surface area contributed by atoms with Crippen LogP contribution in [0.2, 0.25) is 5.02 Å². The smallest absolute Gasteiger partial charge is 0.249 e. The summed E-state index contributed by atoms with van der Waals surface area (Å²) in [6, 6.07) is 10.6. The zero-order valence-corrected chi connectivity index (χ0v) is 13.4. The molecule has 1 saturated heterocycles. The Morgan fingerprint density at radius 1 is 1.32 bits per heavy atom. The molecule has 1 aliphatic rings. The lowest BCUT2D eigenvalue weighted by Gasteiger charge is -2.18. The number of benzene rings is 1. The first kappa shape index (κ1) is 15.1. The molecule has 1 aromatic carbocycles. The van der Waals surface area contributed by atoms with Crippen molar-refractivity contribution < 1.29 is 9.59 Å². The predicted molar refractivity (Wildman–Crippen MR) is 88.4 cm³/mol. The van der Waals surface area contributed by atoms with Gasteiger partial charge in [-0.1, -0.05) is 29.8 Å². The monoisotopic (exact) mass is 334 g/mol. The van der Waals surface area contributed by atoms with E-state index in [2.05, 4.69) is 5.32 Å². The van der Waals surface area contributed by atoms with E-state index in [4.69, 9.17) is 11.6 Å². The average molecular weight is 335 g/mol. The summed E-state index contributed by atoms with van der Waals surface area (Å²) in [4.78, 5) is 27.1. The highest BCUT2D eigenvalue weighted by Crippen LogP contribution is 2.29. The molecule has 0 bridgehead atoms. The van der Waals surface area contributed by atoms with E-state index in [1.807, 2.05) is 35.7 Å². The van der Waals surface area contributed by atoms with Crippen molar-refractivity contribution in [2.45, 2.75) is 18.9 Å². The number of anilines is 1. The molecule has 2 amide bonds. The van der Waals surface area contributed by atoms with Crippen LogP contribution in [-0.2, 0) is 16.0 Å². The maximum absolute atomic E-state index is 12.5. The number of para-hydroxylation sites is 1. The molecule has 1 fully saturated rings. The molecular formula is C16H15ClN2O2S. The Balaban J connectivity index is 1.64. The number of carbonyl (C=O) groups is 2. The number of amides is 2. The molecule has 4 nitrogen and oxygen atoms in total. The normalized spacial score (nSPS) is 17.8. The van der Waals surface area contributed by atoms with Gasteiger partial charge >= 0.3 is 0 Å². The largest absolute Gasteiger partial charge is 0.344 e. The Kier molecular flexibility index (Phi) is 4.45. The summed E-state index contributed by atoms with van der Waals surface area (Å²) in [5, 5.41) is 5.30. The number of nitrogens with one attached hydrogen (secondary N) is 1. The molecule has 0 radical (unpaired) electrons. The van der Waals surface area contributed by atoms with Crippen LogP contribution in [0.15, 0.2) is 41.8 Å². The van der Waals surface area contributed by atoms with E-state index in [1.165, 1.54) is 11.3 Å². The van der Waals surface area contributed by atoms with E-state index in [0.29, 0.717) is 30.1 Å². The van der Waals surface area contributed by atoms with E-state index in [9.17, 15) is 9.59 Å². The van der Waals surface area contributed by atoms with Gasteiger partial charge in [-0.2, -0.15) is 0 Å². The third-order valence-corrected chi connectivity index (χ3v) is 4.79. The fourth-order valence-corrected chi connectivity index (χ4v) is 3.48. The Labute approximate surface area is 137 Å². The van der Waals surface area contributed by atoms with E-state index in [1.54, 1.807) is 11.0 Å². The topological polar surface area (TPSA) is 49.4 Å². The molecule has 2 heterocycles. The molecule has 1 unspecified atom stereocenters. The van der Waals surface area contributed by atoms with Gasteiger partial charge in [0.1, 0.15) is 6.04 Å². The summed E-state index contributed by atoms with van der Waals surface area (Å²) < 4.78 is 0. The standard InChI is InChI=1S/C16H15ClN2O2S/c17-12-5-1-2-6-14(12)19-8-7-13(16(19)21)18-15(20)10-11-4-3-9-22-11/h1-6,9,13H,7-8,10H2,(H,18,20). The second kappa shape index (κ2) is 6.50. The van der Waals surface area contributed by atoms with Gasteiger partial charge in [-0.15, -0.1) is 11.3 Å². The van der Waals surface area contributed by atoms with Crippen LogP contribution in [0.4, 0.5) is 5.69 Å². The van der Waals surface area contributed by atoms with Crippen LogP contribution in [0.5, 0.6) is 0 Å². The van der Waals surface area contributed by atoms with E-state index >= 15 is 0 Å². The van der Waals surface area contributed by atoms with Gasteiger partial charge in [-0.25, -0.2) is 0 Å². The average Bonchev–Trinajstić information content (AvgIpc) is 3.11. The minimum atomic E-state index is -0.469. The fourth-order valence-electron chi connectivity index (χ4n) is 2.54. The SMILES string of the molecule is O=C(Cc1cccs1)NC1CCN(c2ccccc2Cl)C1=O. The van der Waals surface area contributed by atoms with Gasteiger partial charge in [-0.05, 0) is 30.0 Å². The van der Waals surface area contributed by atoms with Crippen LogP contribution >= 0.6 is 22.9 Å². The van der Waals surface area contributed by atoms with Crippen molar-refractivity contribution in [2.24, 2.45) is 0 Å². The highest BCUT2D eigenvalue weighted by Gasteiger charge is 2.34. The van der Waals surface area contributed by atoms with Gasteiger partial charge in [0, 0.05) is 11.4 Å². The molecule has 6 heteroatoms. The molecule has 1 aromatic heterocycles. The zero-order chi connectivity index (χ0) is 15.5. The molecule has 1 atom stereocenters. The van der Waals surface area contributed by atoms with Gasteiger partial charge in [-0.3, -0.25) is 9.59 Å². The highest BCUT2D eigenvalue weighted by atomic mass is 35.5. The number of nitrogens with zero attached hydrogens (tertiary/aromatic N) is 1. The lowest BCUT2D eigenvalue weighted by Crippen LogP contribution is -2.42. The number of thiophene rings is 1. The molecular weight excluding hydrogens is 320 g/mol. The Hall–Kier alpha value is -1.85. The number of hydrogen-bond donors (Lipinski definition) is 1. The first-order valence-corrected chi connectivity index (χ1v) is 8.28. The van der Waals surface area contributed by atoms with Crippen molar-refractivity contribution in [3.05, 3.63) is 51.7 Å². The van der Waals surface area contributed by atoms with Crippen molar-refractivity contribution >= 4 is 40.4 Å². The highest BCUT2D eigenvalue weighted by molar-refractivity contribution is 7.10. The van der Waals surface area contributed by atoms with Crippen LogP contribution in [-0.4, -0.2) is 24.4 Å². The Bertz CT molecular complexity index is 687. The molecule has 0 aliphatic carbocycles. The van der Waals surface area contributed by atoms with Crippen LogP contribution in [0, 0.1) is 0 Å². The summed E-state index contributed by atoms with van der Waals surface area (Å²) >= 11 is 7.67. The summed E-state index contributed by atoms with van der Waals surface area (Å²) in [7, 11) is 0. The van der Waals surface area contributed by atoms with E-state index in [-0.39, 0.29) is 11.8 Å². The third-order valence-electron chi connectivity index (χ3n) is 3.60. The minimum Gasteiger partial charge on any atom is -0.344 e. The van der Waals surface area contributed by atoms with Gasteiger partial charge in [0.2, 0.25) is 11.8 Å². The lowest BCUT2D eigenvalue weighted by molar-refractivity contribution is -0.126. The fraction of sp³-hybridized carbons (Fsp3) is 0.250. The zero-order valence-electron chi connectivity index (χ0n) is 11.8. The third kappa shape index (κ3) is 3.15. The molecule has 22 heavy (non-hydrogen) atoms. The van der Waals surface area contributed by atoms with Gasteiger partial charge in [0.15, 0.2) is 0 Å². The Morgan fingerprint density at radius 3 is 2.86 bits per heavy atom. The number of carbonyl (C=O) groups excluding carboxylic acids is 2. The predicted octanol–water partition coefficient (Wildman–Crippen LogP) is 2.87. The second-order valence-electron chi connectivity index (χ2n) is 5.11. The molecule has 114 valence electrons. The molecule has 1 aliphatic heterocycles. The molecule has 3 rings (SSSR count). The Morgan fingerprint density at radius 2 is 2.14 bits per heavy atom. The van der Waals surface area contributed by atoms with Crippen molar-refractivity contribution in [1.29, 1.82) is 0 Å². The van der Waals surface area contributed by atoms with Gasteiger partial charge < -0.3 is 10.2 Å². The molecule has 2 aromatic rings. The van der Waals surface area contributed by atoms with Crippen molar-refractivity contribution in [3.8, 4) is 0 Å².